The third kappa shape index (κ3) is 5.19. The number of carboxylic acids is 1. The minimum atomic E-state index is -0.970. The highest BCUT2D eigenvalue weighted by molar-refractivity contribution is 5.72. The number of rotatable bonds is 7. The molecule has 0 aromatic heterocycles. The fraction of sp³-hybridized carbons (Fsp3) is 0.900. The Balaban J connectivity index is 3.87. The maximum absolute atomic E-state index is 10.7. The Morgan fingerprint density at radius 2 is 1.86 bits per heavy atom. The van der Waals surface area contributed by atoms with Crippen LogP contribution in [0.5, 0.6) is 0 Å². The Morgan fingerprint density at radius 3 is 2.21 bits per heavy atom. The van der Waals surface area contributed by atoms with Crippen LogP contribution in [0.15, 0.2) is 0 Å². The zero-order valence-electron chi connectivity index (χ0n) is 9.32. The van der Waals surface area contributed by atoms with Crippen molar-refractivity contribution in [3.8, 4) is 0 Å². The molecule has 0 saturated heterocycles. The van der Waals surface area contributed by atoms with Crippen molar-refractivity contribution in [2.24, 2.45) is 5.92 Å². The van der Waals surface area contributed by atoms with Gasteiger partial charge in [-0.3, -0.25) is 0 Å². The number of ether oxygens (including phenoxy) is 2. The second-order valence-corrected chi connectivity index (χ2v) is 3.56. The molecule has 0 radical (unpaired) electrons. The summed E-state index contributed by atoms with van der Waals surface area (Å²) in [5.74, 6) is -0.589. The van der Waals surface area contributed by atoms with Crippen molar-refractivity contribution in [3.05, 3.63) is 0 Å². The highest BCUT2D eigenvalue weighted by Gasteiger charge is 2.19. The van der Waals surface area contributed by atoms with Crippen molar-refractivity contribution < 1.29 is 19.4 Å². The first-order valence-electron chi connectivity index (χ1n) is 4.95. The quantitative estimate of drug-likeness (QED) is 0.683. The van der Waals surface area contributed by atoms with Crippen molar-refractivity contribution in [2.45, 2.75) is 39.9 Å². The molecule has 4 heteroatoms. The van der Waals surface area contributed by atoms with E-state index >= 15 is 0 Å². The zero-order valence-corrected chi connectivity index (χ0v) is 9.32. The first-order chi connectivity index (χ1) is 6.49. The van der Waals surface area contributed by atoms with E-state index < -0.39 is 12.1 Å². The highest BCUT2D eigenvalue weighted by Crippen LogP contribution is 2.06. The number of hydrogen-bond acceptors (Lipinski definition) is 3. The lowest BCUT2D eigenvalue weighted by atomic mass is 10.1. The number of hydrogen-bond donors (Lipinski definition) is 1. The Hall–Kier alpha value is -0.610. The summed E-state index contributed by atoms with van der Waals surface area (Å²) >= 11 is 0. The molecule has 0 fully saturated rings. The van der Waals surface area contributed by atoms with E-state index in [1.165, 1.54) is 0 Å². The fourth-order valence-corrected chi connectivity index (χ4v) is 0.824. The van der Waals surface area contributed by atoms with Crippen LogP contribution in [-0.2, 0) is 14.3 Å². The molecule has 84 valence electrons. The van der Waals surface area contributed by atoms with E-state index in [2.05, 4.69) is 0 Å². The molecule has 14 heavy (non-hydrogen) atoms. The minimum Gasteiger partial charge on any atom is -0.479 e. The lowest BCUT2D eigenvalue weighted by Gasteiger charge is -2.19. The van der Waals surface area contributed by atoms with Crippen molar-refractivity contribution in [3.63, 3.8) is 0 Å². The van der Waals surface area contributed by atoms with Crippen molar-refractivity contribution in [2.75, 3.05) is 13.2 Å². The molecule has 0 amide bonds. The monoisotopic (exact) mass is 204 g/mol. The Labute approximate surface area is 85.2 Å². The van der Waals surface area contributed by atoms with Crippen LogP contribution in [0.4, 0.5) is 0 Å². The maximum atomic E-state index is 10.7. The van der Waals surface area contributed by atoms with Gasteiger partial charge in [0, 0.05) is 6.61 Å². The molecular formula is C10H20O4. The molecule has 2 atom stereocenters. The predicted octanol–water partition coefficient (Wildman–Crippen LogP) is 1.54. The second kappa shape index (κ2) is 6.79. The van der Waals surface area contributed by atoms with Gasteiger partial charge in [-0.15, -0.1) is 0 Å². The molecule has 0 aromatic carbocycles. The van der Waals surface area contributed by atoms with Crippen LogP contribution in [0.2, 0.25) is 0 Å². The summed E-state index contributed by atoms with van der Waals surface area (Å²) in [4.78, 5) is 10.7. The third-order valence-electron chi connectivity index (χ3n) is 2.09. The molecule has 0 heterocycles. The Kier molecular flexibility index (Phi) is 6.49. The standard InChI is InChI=1S/C10H20O4/c1-5-13-9(10(11)12)6-14-8(4)7(2)3/h7-9H,5-6H2,1-4H3,(H,11,12). The summed E-state index contributed by atoms with van der Waals surface area (Å²) in [5, 5.41) is 8.75. The molecule has 2 unspecified atom stereocenters. The summed E-state index contributed by atoms with van der Waals surface area (Å²) < 4.78 is 10.4. The fourth-order valence-electron chi connectivity index (χ4n) is 0.824. The summed E-state index contributed by atoms with van der Waals surface area (Å²) in [5.41, 5.74) is 0. The maximum Gasteiger partial charge on any atom is 0.335 e. The summed E-state index contributed by atoms with van der Waals surface area (Å²) in [6.07, 6.45) is -0.793. The van der Waals surface area contributed by atoms with Crippen molar-refractivity contribution in [1.29, 1.82) is 0 Å². The van der Waals surface area contributed by atoms with Crippen LogP contribution in [0.1, 0.15) is 27.7 Å². The first kappa shape index (κ1) is 13.4. The lowest BCUT2D eigenvalue weighted by molar-refractivity contribution is -0.156. The third-order valence-corrected chi connectivity index (χ3v) is 2.09. The van der Waals surface area contributed by atoms with Gasteiger partial charge in [-0.1, -0.05) is 13.8 Å². The van der Waals surface area contributed by atoms with Crippen molar-refractivity contribution in [1.82, 2.24) is 0 Å². The molecule has 0 bridgehead atoms. The summed E-state index contributed by atoms with van der Waals surface area (Å²) in [6, 6.07) is 0. The molecular weight excluding hydrogens is 184 g/mol. The Bertz CT molecular complexity index is 168. The average molecular weight is 204 g/mol. The topological polar surface area (TPSA) is 55.8 Å². The van der Waals surface area contributed by atoms with Gasteiger partial charge < -0.3 is 14.6 Å². The lowest BCUT2D eigenvalue weighted by Crippen LogP contribution is -2.32. The minimum absolute atomic E-state index is 0.0531. The van der Waals surface area contributed by atoms with Gasteiger partial charge >= 0.3 is 5.97 Å². The number of carboxylic acid groups (broad SMARTS) is 1. The normalized spacial score (nSPS) is 15.5. The molecule has 0 saturated carbocycles. The van der Waals surface area contributed by atoms with Gasteiger partial charge in [0.2, 0.25) is 0 Å². The van der Waals surface area contributed by atoms with Crippen LogP contribution in [-0.4, -0.2) is 36.5 Å². The molecule has 0 spiro atoms. The molecule has 4 nitrogen and oxygen atoms in total. The molecule has 0 aromatic rings. The van der Waals surface area contributed by atoms with E-state index in [1.807, 2.05) is 20.8 Å². The summed E-state index contributed by atoms with van der Waals surface area (Å²) in [7, 11) is 0. The number of carbonyl (C=O) groups is 1. The van der Waals surface area contributed by atoms with Gasteiger partial charge in [0.15, 0.2) is 6.10 Å². The molecule has 0 rings (SSSR count). The van der Waals surface area contributed by atoms with Gasteiger partial charge in [-0.25, -0.2) is 4.79 Å². The van der Waals surface area contributed by atoms with Crippen LogP contribution < -0.4 is 0 Å². The van der Waals surface area contributed by atoms with Crippen LogP contribution in [0, 0.1) is 5.92 Å². The predicted molar refractivity (Wildman–Crippen MR) is 53.3 cm³/mol. The van der Waals surface area contributed by atoms with E-state index in [0.717, 1.165) is 0 Å². The first-order valence-corrected chi connectivity index (χ1v) is 4.95. The van der Waals surface area contributed by atoms with Gasteiger partial charge in [-0.2, -0.15) is 0 Å². The largest absolute Gasteiger partial charge is 0.479 e. The highest BCUT2D eigenvalue weighted by atomic mass is 16.6. The van der Waals surface area contributed by atoms with Gasteiger partial charge in [0.25, 0.3) is 0 Å². The molecule has 0 aliphatic heterocycles. The SMILES string of the molecule is CCOC(COC(C)C(C)C)C(=O)O. The average Bonchev–Trinajstić information content (AvgIpc) is 2.10. The van der Waals surface area contributed by atoms with Crippen LogP contribution in [0.25, 0.3) is 0 Å². The molecule has 0 aliphatic rings. The van der Waals surface area contributed by atoms with Gasteiger partial charge in [-0.05, 0) is 19.8 Å². The van der Waals surface area contributed by atoms with Crippen molar-refractivity contribution >= 4 is 5.97 Å². The van der Waals surface area contributed by atoms with Gasteiger partial charge in [0.05, 0.1) is 12.7 Å². The summed E-state index contributed by atoms with van der Waals surface area (Å²) in [6.45, 7) is 8.25. The van der Waals surface area contributed by atoms with Gasteiger partial charge in [0.1, 0.15) is 0 Å². The van der Waals surface area contributed by atoms with Crippen LogP contribution >= 0.6 is 0 Å². The smallest absolute Gasteiger partial charge is 0.335 e. The van der Waals surface area contributed by atoms with E-state index in [4.69, 9.17) is 14.6 Å². The van der Waals surface area contributed by atoms with E-state index in [-0.39, 0.29) is 12.7 Å². The molecule has 0 aliphatic carbocycles. The van der Waals surface area contributed by atoms with E-state index in [9.17, 15) is 4.79 Å². The second-order valence-electron chi connectivity index (χ2n) is 3.56. The zero-order chi connectivity index (χ0) is 11.1. The van der Waals surface area contributed by atoms with Crippen LogP contribution in [0.3, 0.4) is 0 Å². The molecule has 1 N–H and O–H groups in total. The van der Waals surface area contributed by atoms with E-state index in [1.54, 1.807) is 6.92 Å². The Morgan fingerprint density at radius 1 is 1.29 bits per heavy atom. The van der Waals surface area contributed by atoms with E-state index in [0.29, 0.717) is 12.5 Å². The number of aliphatic carboxylic acids is 1.